The van der Waals surface area contributed by atoms with Crippen LogP contribution in [-0.4, -0.2) is 4.57 Å². The van der Waals surface area contributed by atoms with Gasteiger partial charge in [0, 0.05) is 32.8 Å². The fourth-order valence-corrected chi connectivity index (χ4v) is 11.5. The Balaban J connectivity index is 1.04. The minimum Gasteiger partial charge on any atom is -0.309 e. The van der Waals surface area contributed by atoms with Gasteiger partial charge in [-0.05, 0) is 108 Å². The lowest BCUT2D eigenvalue weighted by Crippen LogP contribution is -2.13. The van der Waals surface area contributed by atoms with E-state index in [1.54, 1.807) is 0 Å². The molecule has 14 aromatic rings. The van der Waals surface area contributed by atoms with Crippen LogP contribution in [0.25, 0.3) is 115 Å². The molecule has 0 unspecified atom stereocenters. The number of rotatable bonds is 8. The third kappa shape index (κ3) is 6.80. The van der Waals surface area contributed by atoms with E-state index in [1.165, 1.54) is 87.1 Å². The van der Waals surface area contributed by atoms with Crippen molar-refractivity contribution in [3.8, 4) is 50.2 Å². The normalized spacial score (nSPS) is 11.6. The van der Waals surface area contributed by atoms with Gasteiger partial charge in [-0.1, -0.05) is 237 Å². The molecular weight excluding hydrogens is 869 g/mol. The lowest BCUT2D eigenvalue weighted by molar-refractivity contribution is 1.18. The number of nitrogens with zero attached hydrogens (tertiary/aromatic N) is 2. The summed E-state index contributed by atoms with van der Waals surface area (Å²) in [6, 6.07) is 103. The van der Waals surface area contributed by atoms with Crippen LogP contribution in [0, 0.1) is 0 Å². The zero-order valence-electron chi connectivity index (χ0n) is 39.5. The second-order valence-electron chi connectivity index (χ2n) is 18.8. The van der Waals surface area contributed by atoms with Crippen molar-refractivity contribution in [2.75, 3.05) is 4.90 Å². The topological polar surface area (TPSA) is 8.17 Å². The van der Waals surface area contributed by atoms with Gasteiger partial charge in [-0.2, -0.15) is 0 Å². The number of para-hydroxylation sites is 3. The van der Waals surface area contributed by atoms with Gasteiger partial charge in [0.15, 0.2) is 0 Å². The lowest BCUT2D eigenvalue weighted by Gasteiger charge is -2.31. The molecule has 0 N–H and O–H groups in total. The summed E-state index contributed by atoms with van der Waals surface area (Å²) < 4.78 is 2.50. The molecule has 0 amide bonds. The molecule has 1 heterocycles. The van der Waals surface area contributed by atoms with Crippen molar-refractivity contribution in [3.63, 3.8) is 0 Å². The molecular formula is C70H46N2. The van der Waals surface area contributed by atoms with Gasteiger partial charge in [0.2, 0.25) is 0 Å². The van der Waals surface area contributed by atoms with E-state index in [0.29, 0.717) is 0 Å². The molecule has 2 nitrogen and oxygen atoms in total. The molecule has 336 valence electrons. The summed E-state index contributed by atoms with van der Waals surface area (Å²) in [5, 5.41) is 12.3. The van der Waals surface area contributed by atoms with Crippen LogP contribution in [0.4, 0.5) is 17.1 Å². The SMILES string of the molecule is c1ccc(-c2ccc(-c3ccccc3N(c3ccccc3-c3ccc4ccccc4c3)c3ccc(-c4cccc5ccccc45)c4ccccc34)cc2-n2c3ccccc3c3c4ccccc4ccc32)cc1. The minimum atomic E-state index is 1.08. The fourth-order valence-electron chi connectivity index (χ4n) is 11.5. The largest absolute Gasteiger partial charge is 0.309 e. The average Bonchev–Trinajstić information content (AvgIpc) is 3.80. The number of benzene rings is 13. The Bertz CT molecular complexity index is 4400. The summed E-state index contributed by atoms with van der Waals surface area (Å²) in [7, 11) is 0. The van der Waals surface area contributed by atoms with Crippen LogP contribution in [-0.2, 0) is 0 Å². The summed E-state index contributed by atoms with van der Waals surface area (Å²) >= 11 is 0. The highest BCUT2D eigenvalue weighted by molar-refractivity contribution is 6.21. The van der Waals surface area contributed by atoms with Crippen LogP contribution in [0.5, 0.6) is 0 Å². The molecule has 0 atom stereocenters. The Labute approximate surface area is 418 Å². The van der Waals surface area contributed by atoms with E-state index < -0.39 is 0 Å². The zero-order chi connectivity index (χ0) is 47.5. The lowest BCUT2D eigenvalue weighted by atomic mass is 9.92. The van der Waals surface area contributed by atoms with E-state index in [4.69, 9.17) is 0 Å². The Kier molecular flexibility index (Phi) is 9.89. The van der Waals surface area contributed by atoms with Crippen LogP contribution in [0.15, 0.2) is 279 Å². The quantitative estimate of drug-likeness (QED) is 0.147. The van der Waals surface area contributed by atoms with E-state index in [2.05, 4.69) is 289 Å². The summed E-state index contributed by atoms with van der Waals surface area (Å²) in [4.78, 5) is 2.52. The highest BCUT2D eigenvalue weighted by atomic mass is 15.1. The van der Waals surface area contributed by atoms with Crippen molar-refractivity contribution in [1.82, 2.24) is 4.57 Å². The summed E-state index contributed by atoms with van der Waals surface area (Å²) in [6.07, 6.45) is 0. The molecule has 0 bridgehead atoms. The molecule has 0 saturated heterocycles. The predicted octanol–water partition coefficient (Wildman–Crippen LogP) is 19.5. The van der Waals surface area contributed by atoms with E-state index in [1.807, 2.05) is 0 Å². The summed E-state index contributed by atoms with van der Waals surface area (Å²) in [5.41, 5.74) is 16.1. The van der Waals surface area contributed by atoms with Crippen LogP contribution < -0.4 is 4.90 Å². The number of aromatic nitrogens is 1. The molecule has 72 heavy (non-hydrogen) atoms. The second kappa shape index (κ2) is 17.2. The number of hydrogen-bond acceptors (Lipinski definition) is 1. The minimum absolute atomic E-state index is 1.08. The highest BCUT2D eigenvalue weighted by Gasteiger charge is 2.25. The van der Waals surface area contributed by atoms with Crippen LogP contribution in [0.3, 0.4) is 0 Å². The Morgan fingerprint density at radius 1 is 0.236 bits per heavy atom. The van der Waals surface area contributed by atoms with Crippen molar-refractivity contribution >= 4 is 82.0 Å². The number of fused-ring (bicyclic) bond motifs is 8. The van der Waals surface area contributed by atoms with Gasteiger partial charge in [-0.3, -0.25) is 0 Å². The van der Waals surface area contributed by atoms with Gasteiger partial charge < -0.3 is 9.47 Å². The van der Waals surface area contributed by atoms with E-state index in [-0.39, 0.29) is 0 Å². The second-order valence-corrected chi connectivity index (χ2v) is 18.8. The molecule has 0 aliphatic rings. The molecule has 2 heteroatoms. The molecule has 0 aliphatic heterocycles. The van der Waals surface area contributed by atoms with Gasteiger partial charge in [0.1, 0.15) is 0 Å². The fraction of sp³-hybridized carbons (Fsp3) is 0. The van der Waals surface area contributed by atoms with Gasteiger partial charge in [0.25, 0.3) is 0 Å². The molecule has 13 aromatic carbocycles. The van der Waals surface area contributed by atoms with Crippen molar-refractivity contribution < 1.29 is 0 Å². The molecule has 1 aromatic heterocycles. The van der Waals surface area contributed by atoms with Crippen LogP contribution >= 0.6 is 0 Å². The third-order valence-electron chi connectivity index (χ3n) is 14.8. The molecule has 14 rings (SSSR count). The predicted molar refractivity (Wildman–Crippen MR) is 307 cm³/mol. The Hall–Kier alpha value is -9.50. The van der Waals surface area contributed by atoms with Crippen molar-refractivity contribution in [2.45, 2.75) is 0 Å². The molecule has 0 saturated carbocycles. The Morgan fingerprint density at radius 2 is 0.750 bits per heavy atom. The van der Waals surface area contributed by atoms with E-state index in [9.17, 15) is 0 Å². The smallest absolute Gasteiger partial charge is 0.0547 e. The molecule has 0 spiro atoms. The first-order valence-corrected chi connectivity index (χ1v) is 24.8. The van der Waals surface area contributed by atoms with Crippen LogP contribution in [0.2, 0.25) is 0 Å². The highest BCUT2D eigenvalue weighted by Crippen LogP contribution is 2.50. The first kappa shape index (κ1) is 41.5. The third-order valence-corrected chi connectivity index (χ3v) is 14.8. The van der Waals surface area contributed by atoms with Gasteiger partial charge in [0.05, 0.1) is 33.8 Å². The standard InChI is InChI=1S/C70H46N2/c1-2-20-49(21-3-1)57-41-39-53(46-69(57)72-66-36-17-14-32-63(66)70-58-29-9-7-23-50(58)40-43-68(70)72)56-28-13-16-35-65(56)71(64-34-15-12-27-55(64)52-38-37-47-19-4-5-24-51(47)45-52)67-44-42-61(60-30-10-11-31-62(60)67)59-33-18-25-48-22-6-8-26-54(48)59/h1-46H. The first-order valence-electron chi connectivity index (χ1n) is 24.8. The maximum absolute atomic E-state index is 2.52. The summed E-state index contributed by atoms with van der Waals surface area (Å²) in [5.74, 6) is 0. The van der Waals surface area contributed by atoms with Crippen molar-refractivity contribution in [1.29, 1.82) is 0 Å². The maximum atomic E-state index is 2.52. The molecule has 0 aliphatic carbocycles. The number of anilines is 3. The maximum Gasteiger partial charge on any atom is 0.0547 e. The van der Waals surface area contributed by atoms with Gasteiger partial charge in [-0.25, -0.2) is 0 Å². The average molecular weight is 915 g/mol. The van der Waals surface area contributed by atoms with Crippen molar-refractivity contribution in [3.05, 3.63) is 279 Å². The van der Waals surface area contributed by atoms with E-state index >= 15 is 0 Å². The summed E-state index contributed by atoms with van der Waals surface area (Å²) in [6.45, 7) is 0. The first-order chi connectivity index (χ1) is 35.7. The van der Waals surface area contributed by atoms with Gasteiger partial charge in [-0.15, -0.1) is 0 Å². The zero-order valence-corrected chi connectivity index (χ0v) is 39.5. The van der Waals surface area contributed by atoms with Crippen molar-refractivity contribution in [2.24, 2.45) is 0 Å². The van der Waals surface area contributed by atoms with Gasteiger partial charge >= 0.3 is 0 Å². The van der Waals surface area contributed by atoms with E-state index in [0.717, 1.165) is 45.0 Å². The molecule has 0 radical (unpaired) electrons. The monoisotopic (exact) mass is 914 g/mol. The Morgan fingerprint density at radius 3 is 1.53 bits per heavy atom. The molecule has 0 fully saturated rings. The number of hydrogen-bond donors (Lipinski definition) is 0. The van der Waals surface area contributed by atoms with Crippen LogP contribution in [0.1, 0.15) is 0 Å².